The highest BCUT2D eigenvalue weighted by Gasteiger charge is 2.40. The highest BCUT2D eigenvalue weighted by Crippen LogP contribution is 2.47. The predicted octanol–water partition coefficient (Wildman–Crippen LogP) is 0.885. The lowest BCUT2D eigenvalue weighted by molar-refractivity contribution is -0.207. The second-order valence-corrected chi connectivity index (χ2v) is 8.89. The van der Waals surface area contributed by atoms with Gasteiger partial charge in [-0.3, -0.25) is 4.57 Å². The lowest BCUT2D eigenvalue weighted by atomic mass is 10.2. The first-order valence-electron chi connectivity index (χ1n) is 8.21. The number of ether oxygens (including phenoxy) is 2. The summed E-state index contributed by atoms with van der Waals surface area (Å²) in [4.78, 5) is 27.8. The van der Waals surface area contributed by atoms with Crippen molar-refractivity contribution < 1.29 is 23.5 Å². The fraction of sp³-hybridized carbons (Fsp3) is 0.733. The maximum atomic E-state index is 12.1. The number of hydrogen-bond donors (Lipinski definition) is 1. The van der Waals surface area contributed by atoms with Gasteiger partial charge >= 0.3 is 5.69 Å². The van der Waals surface area contributed by atoms with E-state index in [1.807, 2.05) is 13.8 Å². The van der Waals surface area contributed by atoms with Crippen LogP contribution in [0.1, 0.15) is 40.3 Å². The first-order valence-corrected chi connectivity index (χ1v) is 9.82. The Morgan fingerprint density at radius 3 is 2.72 bits per heavy atom. The molecule has 2 unspecified atom stereocenters. The molecule has 0 aromatic carbocycles. The summed E-state index contributed by atoms with van der Waals surface area (Å²) in [6.45, 7) is 6.99. The molecule has 0 bridgehead atoms. The standard InChI is InChI=1S/C15H26N3O6P/c1-9(2)22-8-12-11(24-25(20,21)10(3)4)7-14(23-12)18-6-5-13(16)17-15(18)19/h5-6,9-12,14H,7-8H2,1-4H3,(H,20,21)(H2,16,17,19)/p-1/t11?,12-,14-/m1/s1. The van der Waals surface area contributed by atoms with Gasteiger partial charge in [-0.05, 0) is 19.9 Å². The van der Waals surface area contributed by atoms with Gasteiger partial charge in [-0.15, -0.1) is 0 Å². The molecule has 2 rings (SSSR count). The van der Waals surface area contributed by atoms with E-state index in [2.05, 4.69) is 4.98 Å². The second-order valence-electron chi connectivity index (χ2n) is 6.57. The van der Waals surface area contributed by atoms with Crippen molar-refractivity contribution in [3.05, 3.63) is 22.7 Å². The maximum absolute atomic E-state index is 12.1. The summed E-state index contributed by atoms with van der Waals surface area (Å²) >= 11 is 0. The van der Waals surface area contributed by atoms with Crippen molar-refractivity contribution in [3.63, 3.8) is 0 Å². The SMILES string of the molecule is CC(C)OC[C@H]1O[C@@H](n2ccc(N)nc2=O)CC1OP(=O)([O-])C(C)C. The lowest BCUT2D eigenvalue weighted by Crippen LogP contribution is -2.32. The van der Waals surface area contributed by atoms with Gasteiger partial charge in [0.15, 0.2) is 0 Å². The van der Waals surface area contributed by atoms with Crippen LogP contribution in [0.15, 0.2) is 17.1 Å². The molecule has 1 aromatic rings. The summed E-state index contributed by atoms with van der Waals surface area (Å²) in [5.41, 5.74) is 4.27. The zero-order chi connectivity index (χ0) is 18.8. The van der Waals surface area contributed by atoms with Crippen LogP contribution in [-0.2, 0) is 18.6 Å². The van der Waals surface area contributed by atoms with Crippen molar-refractivity contribution in [1.29, 1.82) is 0 Å². The molecule has 1 aliphatic heterocycles. The van der Waals surface area contributed by atoms with Crippen LogP contribution >= 0.6 is 7.60 Å². The van der Waals surface area contributed by atoms with Crippen LogP contribution in [0.3, 0.4) is 0 Å². The number of nitrogen functional groups attached to an aromatic ring is 1. The number of aromatic nitrogens is 2. The summed E-state index contributed by atoms with van der Waals surface area (Å²) in [5, 5.41) is 0. The predicted molar refractivity (Wildman–Crippen MR) is 90.1 cm³/mol. The van der Waals surface area contributed by atoms with Gasteiger partial charge < -0.3 is 29.2 Å². The van der Waals surface area contributed by atoms with E-state index in [0.717, 1.165) is 0 Å². The van der Waals surface area contributed by atoms with Gasteiger partial charge in [0.2, 0.25) is 0 Å². The van der Waals surface area contributed by atoms with Crippen molar-refractivity contribution in [2.24, 2.45) is 0 Å². The van der Waals surface area contributed by atoms with E-state index >= 15 is 0 Å². The lowest BCUT2D eigenvalue weighted by Gasteiger charge is -2.31. The third-order valence-corrected chi connectivity index (χ3v) is 5.68. The number of rotatable bonds is 7. The Bertz CT molecular complexity index is 692. The quantitative estimate of drug-likeness (QED) is 0.697. The largest absolute Gasteiger partial charge is 0.778 e. The van der Waals surface area contributed by atoms with Crippen molar-refractivity contribution in [2.75, 3.05) is 12.3 Å². The third-order valence-electron chi connectivity index (χ3n) is 3.85. The first kappa shape index (κ1) is 20.1. The normalized spacial score (nSPS) is 26.3. The monoisotopic (exact) mass is 374 g/mol. The van der Waals surface area contributed by atoms with Crippen LogP contribution in [0.5, 0.6) is 0 Å². The Morgan fingerprint density at radius 1 is 1.48 bits per heavy atom. The molecule has 1 aliphatic rings. The minimum absolute atomic E-state index is 0.0478. The Hall–Kier alpha value is -1.25. The second kappa shape index (κ2) is 7.97. The summed E-state index contributed by atoms with van der Waals surface area (Å²) in [5.74, 6) is 0.107. The average molecular weight is 374 g/mol. The fourth-order valence-corrected chi connectivity index (χ4v) is 3.22. The van der Waals surface area contributed by atoms with E-state index in [4.69, 9.17) is 19.7 Å². The van der Waals surface area contributed by atoms with Gasteiger partial charge in [0.1, 0.15) is 25.7 Å². The van der Waals surface area contributed by atoms with E-state index in [1.54, 1.807) is 13.8 Å². The zero-order valence-electron chi connectivity index (χ0n) is 14.8. The van der Waals surface area contributed by atoms with Gasteiger partial charge in [-0.2, -0.15) is 4.98 Å². The van der Waals surface area contributed by atoms with Gasteiger partial charge in [-0.1, -0.05) is 13.8 Å². The van der Waals surface area contributed by atoms with Crippen LogP contribution in [-0.4, -0.2) is 40.1 Å². The Labute approximate surface area is 146 Å². The molecule has 9 nitrogen and oxygen atoms in total. The van der Waals surface area contributed by atoms with Crippen LogP contribution in [0, 0.1) is 0 Å². The molecule has 0 radical (unpaired) electrons. The van der Waals surface area contributed by atoms with Gasteiger partial charge in [0.05, 0.1) is 18.8 Å². The van der Waals surface area contributed by atoms with Crippen LogP contribution in [0.2, 0.25) is 0 Å². The molecule has 0 aliphatic carbocycles. The summed E-state index contributed by atoms with van der Waals surface area (Å²) < 4.78 is 30.1. The number of anilines is 1. The van der Waals surface area contributed by atoms with E-state index in [9.17, 15) is 14.3 Å². The molecule has 142 valence electrons. The molecule has 4 atom stereocenters. The fourth-order valence-electron chi connectivity index (χ4n) is 2.37. The molecule has 2 N–H and O–H groups in total. The first-order chi connectivity index (χ1) is 11.6. The molecule has 0 saturated carbocycles. The molecular formula is C15H25N3O6P-. The van der Waals surface area contributed by atoms with E-state index in [0.29, 0.717) is 0 Å². The van der Waals surface area contributed by atoms with E-state index < -0.39 is 37.4 Å². The van der Waals surface area contributed by atoms with Crippen molar-refractivity contribution in [2.45, 2.75) is 64.3 Å². The molecule has 1 saturated heterocycles. The van der Waals surface area contributed by atoms with E-state index in [-0.39, 0.29) is 24.9 Å². The summed E-state index contributed by atoms with van der Waals surface area (Å²) in [6.07, 6.45) is -0.433. The number of nitrogens with two attached hydrogens (primary N) is 1. The maximum Gasteiger partial charge on any atom is 0.351 e. The zero-order valence-corrected chi connectivity index (χ0v) is 15.7. The molecule has 1 aromatic heterocycles. The Kier molecular flexibility index (Phi) is 6.40. The van der Waals surface area contributed by atoms with E-state index in [1.165, 1.54) is 16.8 Å². The minimum Gasteiger partial charge on any atom is -0.778 e. The molecule has 0 amide bonds. The molecule has 2 heterocycles. The van der Waals surface area contributed by atoms with Crippen LogP contribution < -0.4 is 16.3 Å². The van der Waals surface area contributed by atoms with Crippen LogP contribution in [0.25, 0.3) is 0 Å². The highest BCUT2D eigenvalue weighted by molar-refractivity contribution is 7.52. The molecular weight excluding hydrogens is 349 g/mol. The Morgan fingerprint density at radius 2 is 2.16 bits per heavy atom. The summed E-state index contributed by atoms with van der Waals surface area (Å²) in [7, 11) is -4.04. The molecule has 10 heteroatoms. The van der Waals surface area contributed by atoms with Crippen molar-refractivity contribution in [3.8, 4) is 0 Å². The number of nitrogens with zero attached hydrogens (tertiary/aromatic N) is 2. The van der Waals surface area contributed by atoms with Crippen molar-refractivity contribution >= 4 is 13.4 Å². The smallest absolute Gasteiger partial charge is 0.351 e. The van der Waals surface area contributed by atoms with Crippen molar-refractivity contribution in [1.82, 2.24) is 9.55 Å². The van der Waals surface area contributed by atoms with Gasteiger partial charge in [0.25, 0.3) is 0 Å². The molecule has 25 heavy (non-hydrogen) atoms. The minimum atomic E-state index is -4.04. The number of hydrogen-bond acceptors (Lipinski definition) is 8. The van der Waals surface area contributed by atoms with Gasteiger partial charge in [0, 0.05) is 18.3 Å². The topological polar surface area (TPSA) is 129 Å². The van der Waals surface area contributed by atoms with Gasteiger partial charge in [-0.25, -0.2) is 4.79 Å². The third kappa shape index (κ3) is 5.12. The van der Waals surface area contributed by atoms with Crippen LogP contribution in [0.4, 0.5) is 5.82 Å². The molecule has 0 spiro atoms. The highest BCUT2D eigenvalue weighted by atomic mass is 31.2. The average Bonchev–Trinajstić information content (AvgIpc) is 2.86. The molecule has 1 fully saturated rings. The summed E-state index contributed by atoms with van der Waals surface area (Å²) in [6, 6.07) is 1.48. The Balaban J connectivity index is 2.20.